The SMILES string of the molecule is CCc1ccc(CC(=O)c2ccc(OC)cc2)o1. The number of carbonyl (C=O) groups excluding carboxylic acids is 1. The third-order valence-electron chi connectivity index (χ3n) is 2.81. The topological polar surface area (TPSA) is 39.4 Å². The number of carbonyl (C=O) groups is 1. The van der Waals surface area contributed by atoms with Gasteiger partial charge < -0.3 is 9.15 Å². The van der Waals surface area contributed by atoms with Crippen molar-refractivity contribution in [3.8, 4) is 5.75 Å². The van der Waals surface area contributed by atoms with Crippen molar-refractivity contribution in [2.75, 3.05) is 7.11 Å². The number of benzene rings is 1. The second-order valence-corrected chi connectivity index (χ2v) is 4.05. The lowest BCUT2D eigenvalue weighted by molar-refractivity contribution is 0.0986. The van der Waals surface area contributed by atoms with Crippen LogP contribution in [0.15, 0.2) is 40.8 Å². The fourth-order valence-corrected chi connectivity index (χ4v) is 1.74. The summed E-state index contributed by atoms with van der Waals surface area (Å²) in [7, 11) is 1.60. The second kappa shape index (κ2) is 5.54. The number of hydrogen-bond donors (Lipinski definition) is 0. The van der Waals surface area contributed by atoms with Crippen LogP contribution in [0.1, 0.15) is 28.8 Å². The van der Waals surface area contributed by atoms with E-state index in [1.165, 1.54) is 0 Å². The minimum atomic E-state index is 0.0506. The Hall–Kier alpha value is -2.03. The number of rotatable bonds is 5. The fraction of sp³-hybridized carbons (Fsp3) is 0.267. The number of ketones is 1. The highest BCUT2D eigenvalue weighted by Crippen LogP contribution is 2.15. The molecule has 0 N–H and O–H groups in total. The minimum absolute atomic E-state index is 0.0506. The van der Waals surface area contributed by atoms with Gasteiger partial charge in [0.1, 0.15) is 17.3 Å². The van der Waals surface area contributed by atoms with Crippen molar-refractivity contribution >= 4 is 5.78 Å². The standard InChI is InChI=1S/C15H16O3/c1-3-12-8-9-14(18-12)10-15(16)11-4-6-13(17-2)7-5-11/h4-9H,3,10H2,1-2H3. The van der Waals surface area contributed by atoms with Crippen molar-refractivity contribution in [2.45, 2.75) is 19.8 Å². The molecule has 0 aliphatic rings. The molecule has 94 valence electrons. The van der Waals surface area contributed by atoms with Gasteiger partial charge in [0, 0.05) is 12.0 Å². The molecule has 3 heteroatoms. The molecule has 18 heavy (non-hydrogen) atoms. The lowest BCUT2D eigenvalue weighted by Crippen LogP contribution is -2.02. The number of aryl methyl sites for hydroxylation is 1. The van der Waals surface area contributed by atoms with Crippen LogP contribution in [0.5, 0.6) is 5.75 Å². The van der Waals surface area contributed by atoms with E-state index in [1.807, 2.05) is 19.1 Å². The highest BCUT2D eigenvalue weighted by atomic mass is 16.5. The number of hydrogen-bond acceptors (Lipinski definition) is 3. The summed E-state index contributed by atoms with van der Waals surface area (Å²) in [6.45, 7) is 2.02. The van der Waals surface area contributed by atoms with E-state index in [0.29, 0.717) is 17.7 Å². The molecule has 0 saturated heterocycles. The molecular formula is C15H16O3. The highest BCUT2D eigenvalue weighted by molar-refractivity contribution is 5.97. The molecule has 0 atom stereocenters. The van der Waals surface area contributed by atoms with Gasteiger partial charge in [-0.1, -0.05) is 6.92 Å². The van der Waals surface area contributed by atoms with Gasteiger partial charge in [0.05, 0.1) is 13.5 Å². The van der Waals surface area contributed by atoms with Crippen molar-refractivity contribution in [1.82, 2.24) is 0 Å². The average Bonchev–Trinajstić information content (AvgIpc) is 2.86. The summed E-state index contributed by atoms with van der Waals surface area (Å²) >= 11 is 0. The molecule has 3 nitrogen and oxygen atoms in total. The van der Waals surface area contributed by atoms with Gasteiger partial charge in [0.2, 0.25) is 0 Å². The van der Waals surface area contributed by atoms with Crippen molar-refractivity contribution in [3.63, 3.8) is 0 Å². The van der Waals surface area contributed by atoms with Crippen LogP contribution in [0.3, 0.4) is 0 Å². The Bertz CT molecular complexity index is 523. The van der Waals surface area contributed by atoms with Gasteiger partial charge in [-0.15, -0.1) is 0 Å². The summed E-state index contributed by atoms with van der Waals surface area (Å²) in [6.07, 6.45) is 1.14. The Balaban J connectivity index is 2.06. The normalized spacial score (nSPS) is 10.3. The lowest BCUT2D eigenvalue weighted by atomic mass is 10.1. The summed E-state index contributed by atoms with van der Waals surface area (Å²) in [4.78, 5) is 12.0. The Morgan fingerprint density at radius 2 is 1.78 bits per heavy atom. The maximum absolute atomic E-state index is 12.0. The van der Waals surface area contributed by atoms with Gasteiger partial charge in [-0.05, 0) is 36.4 Å². The van der Waals surface area contributed by atoms with E-state index in [4.69, 9.17) is 9.15 Å². The third kappa shape index (κ3) is 2.80. The predicted molar refractivity (Wildman–Crippen MR) is 69.1 cm³/mol. The van der Waals surface area contributed by atoms with Gasteiger partial charge in [-0.3, -0.25) is 4.79 Å². The van der Waals surface area contributed by atoms with Crippen LogP contribution in [0.2, 0.25) is 0 Å². The molecule has 0 aliphatic carbocycles. The minimum Gasteiger partial charge on any atom is -0.497 e. The molecule has 0 bridgehead atoms. The first-order chi connectivity index (χ1) is 8.72. The van der Waals surface area contributed by atoms with Gasteiger partial charge in [0.15, 0.2) is 5.78 Å². The number of methoxy groups -OCH3 is 1. The van der Waals surface area contributed by atoms with E-state index >= 15 is 0 Å². The van der Waals surface area contributed by atoms with Crippen LogP contribution in [0, 0.1) is 0 Å². The first-order valence-corrected chi connectivity index (χ1v) is 5.97. The van der Waals surface area contributed by atoms with E-state index in [-0.39, 0.29) is 5.78 Å². The molecule has 1 heterocycles. The summed E-state index contributed by atoms with van der Waals surface area (Å²) in [6, 6.07) is 10.9. The molecule has 0 spiro atoms. The zero-order valence-electron chi connectivity index (χ0n) is 10.6. The molecule has 1 aromatic heterocycles. The van der Waals surface area contributed by atoms with Gasteiger partial charge >= 0.3 is 0 Å². The van der Waals surface area contributed by atoms with Crippen molar-refractivity contribution in [2.24, 2.45) is 0 Å². The zero-order chi connectivity index (χ0) is 13.0. The fourth-order valence-electron chi connectivity index (χ4n) is 1.74. The second-order valence-electron chi connectivity index (χ2n) is 4.05. The molecule has 1 aromatic carbocycles. The largest absolute Gasteiger partial charge is 0.497 e. The first-order valence-electron chi connectivity index (χ1n) is 5.97. The van der Waals surface area contributed by atoms with Gasteiger partial charge in [-0.25, -0.2) is 0 Å². The first kappa shape index (κ1) is 12.4. The molecule has 0 amide bonds. The maximum atomic E-state index is 12.0. The van der Waals surface area contributed by atoms with Crippen LogP contribution >= 0.6 is 0 Å². The maximum Gasteiger partial charge on any atom is 0.170 e. The molecule has 0 unspecified atom stereocenters. The Morgan fingerprint density at radius 1 is 1.11 bits per heavy atom. The molecule has 0 saturated carbocycles. The van der Waals surface area contributed by atoms with Gasteiger partial charge in [-0.2, -0.15) is 0 Å². The van der Waals surface area contributed by atoms with Crippen LogP contribution in [-0.4, -0.2) is 12.9 Å². The van der Waals surface area contributed by atoms with Crippen molar-refractivity contribution in [3.05, 3.63) is 53.5 Å². The monoisotopic (exact) mass is 244 g/mol. The van der Waals surface area contributed by atoms with Crippen LogP contribution in [0.25, 0.3) is 0 Å². The zero-order valence-corrected chi connectivity index (χ0v) is 10.6. The molecular weight excluding hydrogens is 228 g/mol. The number of Topliss-reactive ketones (excluding diaryl/α,β-unsaturated/α-hetero) is 1. The van der Waals surface area contributed by atoms with E-state index in [1.54, 1.807) is 31.4 Å². The van der Waals surface area contributed by atoms with Crippen molar-refractivity contribution in [1.29, 1.82) is 0 Å². The van der Waals surface area contributed by atoms with Crippen molar-refractivity contribution < 1.29 is 13.9 Å². The van der Waals surface area contributed by atoms with Crippen LogP contribution in [-0.2, 0) is 12.8 Å². The van der Waals surface area contributed by atoms with E-state index in [2.05, 4.69) is 0 Å². The summed E-state index contributed by atoms with van der Waals surface area (Å²) < 4.78 is 10.6. The summed E-state index contributed by atoms with van der Waals surface area (Å²) in [5.41, 5.74) is 0.672. The lowest BCUT2D eigenvalue weighted by Gasteiger charge is -2.01. The number of furan rings is 1. The predicted octanol–water partition coefficient (Wildman–Crippen LogP) is 3.28. The van der Waals surface area contributed by atoms with E-state index < -0.39 is 0 Å². The average molecular weight is 244 g/mol. The molecule has 2 rings (SSSR count). The highest BCUT2D eigenvalue weighted by Gasteiger charge is 2.10. The molecule has 0 aliphatic heterocycles. The van der Waals surface area contributed by atoms with Crippen LogP contribution < -0.4 is 4.74 Å². The Kier molecular flexibility index (Phi) is 3.82. The van der Waals surface area contributed by atoms with E-state index in [0.717, 1.165) is 17.9 Å². The summed E-state index contributed by atoms with van der Waals surface area (Å²) in [5, 5.41) is 0. The molecule has 0 fully saturated rings. The summed E-state index contributed by atoms with van der Waals surface area (Å²) in [5.74, 6) is 2.42. The third-order valence-corrected chi connectivity index (χ3v) is 2.81. The molecule has 0 radical (unpaired) electrons. The Labute approximate surface area is 106 Å². The number of ether oxygens (including phenoxy) is 1. The molecule has 2 aromatic rings. The quantitative estimate of drug-likeness (QED) is 0.758. The van der Waals surface area contributed by atoms with E-state index in [9.17, 15) is 4.79 Å². The Morgan fingerprint density at radius 3 is 2.33 bits per heavy atom. The van der Waals surface area contributed by atoms with Crippen LogP contribution in [0.4, 0.5) is 0 Å². The smallest absolute Gasteiger partial charge is 0.170 e. The van der Waals surface area contributed by atoms with Gasteiger partial charge in [0.25, 0.3) is 0 Å².